The van der Waals surface area contributed by atoms with Crippen molar-refractivity contribution in [3.63, 3.8) is 0 Å². The zero-order valence-corrected chi connectivity index (χ0v) is 12.5. The van der Waals surface area contributed by atoms with Crippen LogP contribution in [0.3, 0.4) is 0 Å². The van der Waals surface area contributed by atoms with Crippen LogP contribution in [0.25, 0.3) is 0 Å². The Morgan fingerprint density at radius 1 is 1.35 bits per heavy atom. The first-order chi connectivity index (χ1) is 9.54. The van der Waals surface area contributed by atoms with Crippen LogP contribution in [-0.2, 0) is 10.0 Å². The smallest absolute Gasteiger partial charge is 0.242 e. The van der Waals surface area contributed by atoms with Gasteiger partial charge in [0, 0.05) is 13.1 Å². The summed E-state index contributed by atoms with van der Waals surface area (Å²) in [7, 11) is -3.50. The van der Waals surface area contributed by atoms with E-state index < -0.39 is 16.1 Å². The van der Waals surface area contributed by atoms with E-state index in [-0.39, 0.29) is 4.90 Å². The lowest BCUT2D eigenvalue weighted by atomic mass is 10.2. The summed E-state index contributed by atoms with van der Waals surface area (Å²) < 4.78 is 26.9. The predicted octanol–water partition coefficient (Wildman–Crippen LogP) is 1.56. The van der Waals surface area contributed by atoms with E-state index in [1.165, 1.54) is 0 Å². The largest absolute Gasteiger partial charge is 0.391 e. The molecule has 0 saturated heterocycles. The van der Waals surface area contributed by atoms with E-state index in [2.05, 4.69) is 10.0 Å². The van der Waals surface area contributed by atoms with Gasteiger partial charge >= 0.3 is 0 Å². The Hall–Kier alpha value is -1.11. The van der Waals surface area contributed by atoms with Crippen LogP contribution in [0.4, 0.5) is 5.69 Å². The highest BCUT2D eigenvalue weighted by atomic mass is 32.2. The third-order valence-corrected chi connectivity index (χ3v) is 4.91. The second-order valence-corrected chi connectivity index (χ2v) is 6.91. The number of aliphatic hydroxyl groups excluding tert-OH is 1. The average Bonchev–Trinajstić information content (AvgIpc) is 3.27. The first kappa shape index (κ1) is 15.3. The summed E-state index contributed by atoms with van der Waals surface area (Å²) >= 11 is 0. The Labute approximate surface area is 120 Å². The van der Waals surface area contributed by atoms with E-state index in [0.29, 0.717) is 24.7 Å². The number of anilines is 1. The fraction of sp³-hybridized carbons (Fsp3) is 0.571. The van der Waals surface area contributed by atoms with Crippen LogP contribution in [0.5, 0.6) is 0 Å². The van der Waals surface area contributed by atoms with Crippen molar-refractivity contribution >= 4 is 15.7 Å². The van der Waals surface area contributed by atoms with Crippen LogP contribution in [0.2, 0.25) is 0 Å². The van der Waals surface area contributed by atoms with Gasteiger partial charge in [-0.2, -0.15) is 0 Å². The van der Waals surface area contributed by atoms with Crippen molar-refractivity contribution in [1.29, 1.82) is 0 Å². The molecule has 20 heavy (non-hydrogen) atoms. The van der Waals surface area contributed by atoms with Gasteiger partial charge in [0.1, 0.15) is 4.90 Å². The summed E-state index contributed by atoms with van der Waals surface area (Å²) in [5, 5.41) is 12.9. The molecule has 1 atom stereocenters. The third-order valence-electron chi connectivity index (χ3n) is 3.39. The highest BCUT2D eigenvalue weighted by Gasteiger charge is 2.29. The van der Waals surface area contributed by atoms with Gasteiger partial charge in [0.15, 0.2) is 0 Å². The molecule has 1 aliphatic rings. The van der Waals surface area contributed by atoms with Gasteiger partial charge in [-0.15, -0.1) is 0 Å². The van der Waals surface area contributed by atoms with Crippen molar-refractivity contribution in [2.24, 2.45) is 5.92 Å². The van der Waals surface area contributed by atoms with Gasteiger partial charge in [-0.25, -0.2) is 13.1 Å². The van der Waals surface area contributed by atoms with Crippen LogP contribution in [-0.4, -0.2) is 32.7 Å². The maximum atomic E-state index is 12.2. The summed E-state index contributed by atoms with van der Waals surface area (Å²) in [5.74, 6) is 0.365. The Kier molecular flexibility index (Phi) is 5.01. The summed E-state index contributed by atoms with van der Waals surface area (Å²) in [6.07, 6.45) is 2.45. The zero-order valence-electron chi connectivity index (χ0n) is 11.7. The minimum Gasteiger partial charge on any atom is -0.391 e. The van der Waals surface area contributed by atoms with E-state index in [1.54, 1.807) is 24.3 Å². The highest BCUT2D eigenvalue weighted by Crippen LogP contribution is 2.32. The molecule has 0 bridgehead atoms. The summed E-state index contributed by atoms with van der Waals surface area (Å²) in [6, 6.07) is 6.78. The molecular weight excluding hydrogens is 276 g/mol. The van der Waals surface area contributed by atoms with Crippen LogP contribution in [0, 0.1) is 5.92 Å². The van der Waals surface area contributed by atoms with Crippen LogP contribution >= 0.6 is 0 Å². The minimum absolute atomic E-state index is 0.233. The number of para-hydroxylation sites is 1. The normalized spacial score (nSPS) is 16.9. The maximum absolute atomic E-state index is 12.2. The number of rotatable bonds is 8. The lowest BCUT2D eigenvalue weighted by Crippen LogP contribution is -2.27. The molecule has 0 spiro atoms. The van der Waals surface area contributed by atoms with E-state index in [1.807, 2.05) is 6.92 Å². The third kappa shape index (κ3) is 3.94. The Balaban J connectivity index is 2.08. The van der Waals surface area contributed by atoms with Gasteiger partial charge in [-0.05, 0) is 37.3 Å². The molecule has 5 nitrogen and oxygen atoms in total. The molecule has 6 heteroatoms. The molecule has 1 aromatic rings. The molecule has 1 aliphatic carbocycles. The lowest BCUT2D eigenvalue weighted by Gasteiger charge is -2.15. The summed E-state index contributed by atoms with van der Waals surface area (Å²) in [6.45, 7) is 2.71. The standard InChI is InChI=1S/C14H22N2O3S/c1-2-9-16-20(18,19)14-6-4-3-5-12(14)15-10-13(17)11-7-8-11/h3-6,11,13,15-17H,2,7-10H2,1H3. The van der Waals surface area contributed by atoms with Gasteiger partial charge in [0.25, 0.3) is 0 Å². The number of hydrogen-bond acceptors (Lipinski definition) is 4. The first-order valence-corrected chi connectivity index (χ1v) is 8.53. The summed E-state index contributed by atoms with van der Waals surface area (Å²) in [4.78, 5) is 0.233. The van der Waals surface area contributed by atoms with Crippen LogP contribution in [0.15, 0.2) is 29.2 Å². The quantitative estimate of drug-likeness (QED) is 0.680. The SMILES string of the molecule is CCCNS(=O)(=O)c1ccccc1NCC(O)C1CC1. The number of sulfonamides is 1. The van der Waals surface area contributed by atoms with E-state index in [0.717, 1.165) is 19.3 Å². The molecule has 0 amide bonds. The van der Waals surface area contributed by atoms with Crippen LogP contribution < -0.4 is 10.0 Å². The van der Waals surface area contributed by atoms with Crippen molar-refractivity contribution < 1.29 is 13.5 Å². The number of benzene rings is 1. The predicted molar refractivity (Wildman–Crippen MR) is 79.1 cm³/mol. The van der Waals surface area contributed by atoms with E-state index in [4.69, 9.17) is 0 Å². The van der Waals surface area contributed by atoms with E-state index in [9.17, 15) is 13.5 Å². The molecule has 1 aromatic carbocycles. The Morgan fingerprint density at radius 2 is 2.05 bits per heavy atom. The van der Waals surface area contributed by atoms with Crippen molar-refractivity contribution in [1.82, 2.24) is 4.72 Å². The second-order valence-electron chi connectivity index (χ2n) is 5.18. The fourth-order valence-corrected chi connectivity index (χ4v) is 3.34. The highest BCUT2D eigenvalue weighted by molar-refractivity contribution is 7.89. The molecule has 112 valence electrons. The van der Waals surface area contributed by atoms with Gasteiger partial charge in [-0.1, -0.05) is 19.1 Å². The number of aliphatic hydroxyl groups is 1. The molecule has 1 fully saturated rings. The zero-order chi connectivity index (χ0) is 14.6. The molecular formula is C14H22N2O3S. The van der Waals surface area contributed by atoms with Gasteiger partial charge in [0.2, 0.25) is 10.0 Å². The molecule has 0 aromatic heterocycles. The molecule has 3 N–H and O–H groups in total. The van der Waals surface area contributed by atoms with Crippen molar-refractivity contribution in [2.75, 3.05) is 18.4 Å². The monoisotopic (exact) mass is 298 g/mol. The molecule has 1 saturated carbocycles. The summed E-state index contributed by atoms with van der Waals surface area (Å²) in [5.41, 5.74) is 0.538. The van der Waals surface area contributed by atoms with Gasteiger partial charge < -0.3 is 10.4 Å². The molecule has 1 unspecified atom stereocenters. The van der Waals surface area contributed by atoms with Crippen molar-refractivity contribution in [2.45, 2.75) is 37.2 Å². The topological polar surface area (TPSA) is 78.4 Å². The molecule has 0 radical (unpaired) electrons. The fourth-order valence-electron chi connectivity index (χ4n) is 2.02. The molecule has 2 rings (SSSR count). The Morgan fingerprint density at radius 3 is 2.70 bits per heavy atom. The second kappa shape index (κ2) is 6.56. The minimum atomic E-state index is -3.50. The van der Waals surface area contributed by atoms with Gasteiger partial charge in [0.05, 0.1) is 11.8 Å². The maximum Gasteiger partial charge on any atom is 0.242 e. The molecule has 0 aliphatic heterocycles. The van der Waals surface area contributed by atoms with Crippen molar-refractivity contribution in [3.05, 3.63) is 24.3 Å². The lowest BCUT2D eigenvalue weighted by molar-refractivity contribution is 0.164. The molecule has 0 heterocycles. The van der Waals surface area contributed by atoms with Gasteiger partial charge in [-0.3, -0.25) is 0 Å². The number of hydrogen-bond donors (Lipinski definition) is 3. The first-order valence-electron chi connectivity index (χ1n) is 7.05. The van der Waals surface area contributed by atoms with Crippen LogP contribution in [0.1, 0.15) is 26.2 Å². The van der Waals surface area contributed by atoms with Crippen molar-refractivity contribution in [3.8, 4) is 0 Å². The van der Waals surface area contributed by atoms with E-state index >= 15 is 0 Å². The Bertz CT molecular complexity index is 541. The average molecular weight is 298 g/mol. The number of nitrogens with one attached hydrogen (secondary N) is 2.